The standard InChI is InChI=1S/C9H10N2O2/c1-11-8-4-6(9(12)13)2-3-7(8)5-10-11/h2-5,7-8H,1H3,(H,12,13). The molecule has 0 aromatic carbocycles. The summed E-state index contributed by atoms with van der Waals surface area (Å²) in [4.78, 5) is 10.7. The zero-order valence-electron chi connectivity index (χ0n) is 7.21. The third kappa shape index (κ3) is 1.24. The lowest BCUT2D eigenvalue weighted by atomic mass is 9.93. The van der Waals surface area contributed by atoms with Crippen molar-refractivity contribution in [1.29, 1.82) is 0 Å². The molecule has 2 aliphatic rings. The molecule has 1 aliphatic carbocycles. The highest BCUT2D eigenvalue weighted by Gasteiger charge is 2.28. The topological polar surface area (TPSA) is 52.9 Å². The van der Waals surface area contributed by atoms with Gasteiger partial charge >= 0.3 is 5.97 Å². The first kappa shape index (κ1) is 8.04. The van der Waals surface area contributed by atoms with E-state index in [0.717, 1.165) is 0 Å². The fraction of sp³-hybridized carbons (Fsp3) is 0.333. The summed E-state index contributed by atoms with van der Waals surface area (Å²) in [7, 11) is 1.84. The third-order valence-corrected chi connectivity index (χ3v) is 2.34. The fourth-order valence-corrected chi connectivity index (χ4v) is 1.58. The van der Waals surface area contributed by atoms with Crippen LogP contribution >= 0.6 is 0 Å². The Morgan fingerprint density at radius 1 is 1.69 bits per heavy atom. The molecule has 1 aliphatic heterocycles. The van der Waals surface area contributed by atoms with Crippen LogP contribution < -0.4 is 0 Å². The SMILES string of the molecule is CN1N=CC2C=CC(C(=O)O)=CC21. The van der Waals surface area contributed by atoms with Gasteiger partial charge in [-0.25, -0.2) is 4.79 Å². The van der Waals surface area contributed by atoms with Gasteiger partial charge in [0, 0.05) is 19.2 Å². The first-order valence-electron chi connectivity index (χ1n) is 4.09. The normalized spacial score (nSPS) is 30.2. The van der Waals surface area contributed by atoms with E-state index in [9.17, 15) is 4.79 Å². The second-order valence-corrected chi connectivity index (χ2v) is 3.19. The largest absolute Gasteiger partial charge is 0.478 e. The van der Waals surface area contributed by atoms with Gasteiger partial charge in [-0.15, -0.1) is 0 Å². The Morgan fingerprint density at radius 3 is 3.15 bits per heavy atom. The van der Waals surface area contributed by atoms with E-state index in [0.29, 0.717) is 5.57 Å². The average molecular weight is 178 g/mol. The van der Waals surface area contributed by atoms with Gasteiger partial charge in [0.1, 0.15) is 0 Å². The van der Waals surface area contributed by atoms with Gasteiger partial charge in [-0.05, 0) is 6.08 Å². The van der Waals surface area contributed by atoms with Crippen LogP contribution in [0.5, 0.6) is 0 Å². The first-order chi connectivity index (χ1) is 6.18. The molecule has 1 N–H and O–H groups in total. The number of likely N-dealkylation sites (N-methyl/N-ethyl adjacent to an activating group) is 1. The average Bonchev–Trinajstić information content (AvgIpc) is 2.47. The summed E-state index contributed by atoms with van der Waals surface area (Å²) in [5, 5.41) is 14.6. The Bertz CT molecular complexity index is 331. The maximum Gasteiger partial charge on any atom is 0.335 e. The lowest BCUT2D eigenvalue weighted by Gasteiger charge is -2.22. The molecule has 0 saturated heterocycles. The van der Waals surface area contributed by atoms with Crippen LogP contribution in [-0.2, 0) is 4.79 Å². The molecule has 0 aromatic rings. The summed E-state index contributed by atoms with van der Waals surface area (Å²) in [6.07, 6.45) is 7.08. The Labute approximate surface area is 75.8 Å². The lowest BCUT2D eigenvalue weighted by molar-refractivity contribution is -0.132. The van der Waals surface area contributed by atoms with E-state index in [-0.39, 0.29) is 12.0 Å². The third-order valence-electron chi connectivity index (χ3n) is 2.34. The Kier molecular flexibility index (Phi) is 1.69. The molecule has 0 spiro atoms. The molecular weight excluding hydrogens is 168 g/mol. The van der Waals surface area contributed by atoms with E-state index in [4.69, 9.17) is 5.11 Å². The van der Waals surface area contributed by atoms with Crippen LogP contribution in [0.4, 0.5) is 0 Å². The van der Waals surface area contributed by atoms with E-state index in [1.807, 2.05) is 19.3 Å². The summed E-state index contributed by atoms with van der Waals surface area (Å²) in [6.45, 7) is 0. The molecule has 0 aromatic heterocycles. The van der Waals surface area contributed by atoms with Crippen molar-refractivity contribution in [3.05, 3.63) is 23.8 Å². The number of aliphatic carboxylic acids is 1. The maximum absolute atomic E-state index is 10.7. The quantitative estimate of drug-likeness (QED) is 0.635. The van der Waals surface area contributed by atoms with Crippen molar-refractivity contribution < 1.29 is 9.90 Å². The number of carboxylic acid groups (broad SMARTS) is 1. The predicted octanol–water partition coefficient (Wildman–Crippen LogP) is 0.483. The minimum absolute atomic E-state index is 0.0797. The molecule has 2 unspecified atom stereocenters. The number of hydrazone groups is 1. The molecule has 4 nitrogen and oxygen atoms in total. The molecule has 68 valence electrons. The van der Waals surface area contributed by atoms with E-state index >= 15 is 0 Å². The minimum atomic E-state index is -0.880. The summed E-state index contributed by atoms with van der Waals surface area (Å²) in [5.41, 5.74) is 0.346. The molecule has 0 amide bonds. The smallest absolute Gasteiger partial charge is 0.335 e. The number of fused-ring (bicyclic) bond motifs is 1. The maximum atomic E-state index is 10.7. The van der Waals surface area contributed by atoms with Crippen LogP contribution in [-0.4, -0.2) is 35.4 Å². The summed E-state index contributed by atoms with van der Waals surface area (Å²) >= 11 is 0. The van der Waals surface area contributed by atoms with Crippen molar-refractivity contribution in [3.8, 4) is 0 Å². The zero-order chi connectivity index (χ0) is 9.42. The highest BCUT2D eigenvalue weighted by Crippen LogP contribution is 2.24. The van der Waals surface area contributed by atoms with E-state index in [1.165, 1.54) is 0 Å². The highest BCUT2D eigenvalue weighted by atomic mass is 16.4. The van der Waals surface area contributed by atoms with Crippen LogP contribution in [0, 0.1) is 5.92 Å². The molecular formula is C9H10N2O2. The van der Waals surface area contributed by atoms with Gasteiger partial charge in [-0.3, -0.25) is 5.01 Å². The molecule has 13 heavy (non-hydrogen) atoms. The predicted molar refractivity (Wildman–Crippen MR) is 48.4 cm³/mol. The second kappa shape index (κ2) is 2.73. The first-order valence-corrected chi connectivity index (χ1v) is 4.09. The van der Waals surface area contributed by atoms with Crippen LogP contribution in [0.2, 0.25) is 0 Å². The van der Waals surface area contributed by atoms with Crippen LogP contribution in [0.25, 0.3) is 0 Å². The van der Waals surface area contributed by atoms with Crippen LogP contribution in [0.15, 0.2) is 28.9 Å². The second-order valence-electron chi connectivity index (χ2n) is 3.19. The van der Waals surface area contributed by atoms with E-state index < -0.39 is 5.97 Å². The van der Waals surface area contributed by atoms with Crippen molar-refractivity contribution >= 4 is 12.2 Å². The van der Waals surface area contributed by atoms with Crippen molar-refractivity contribution in [2.75, 3.05) is 7.05 Å². The van der Waals surface area contributed by atoms with Gasteiger partial charge in [0.25, 0.3) is 0 Å². The van der Waals surface area contributed by atoms with E-state index in [2.05, 4.69) is 5.10 Å². The number of hydrogen-bond donors (Lipinski definition) is 1. The number of carboxylic acids is 1. The Morgan fingerprint density at radius 2 is 2.46 bits per heavy atom. The van der Waals surface area contributed by atoms with Gasteiger partial charge in [-0.2, -0.15) is 5.10 Å². The molecule has 4 heteroatoms. The van der Waals surface area contributed by atoms with Gasteiger partial charge in [0.15, 0.2) is 0 Å². The zero-order valence-corrected chi connectivity index (χ0v) is 7.21. The molecule has 0 fully saturated rings. The number of nitrogens with zero attached hydrogens (tertiary/aromatic N) is 2. The van der Waals surface area contributed by atoms with Crippen LogP contribution in [0.3, 0.4) is 0 Å². The number of rotatable bonds is 1. The molecule has 0 saturated carbocycles. The van der Waals surface area contributed by atoms with Crippen molar-refractivity contribution in [2.45, 2.75) is 6.04 Å². The molecule has 2 atom stereocenters. The minimum Gasteiger partial charge on any atom is -0.478 e. The highest BCUT2D eigenvalue weighted by molar-refractivity contribution is 5.91. The lowest BCUT2D eigenvalue weighted by Crippen LogP contribution is -2.29. The molecule has 0 bridgehead atoms. The number of hydrogen-bond acceptors (Lipinski definition) is 3. The van der Waals surface area contributed by atoms with Crippen molar-refractivity contribution in [3.63, 3.8) is 0 Å². The Hall–Kier alpha value is -1.58. The van der Waals surface area contributed by atoms with Gasteiger partial charge in [0.05, 0.1) is 11.6 Å². The molecule has 2 rings (SSSR count). The van der Waals surface area contributed by atoms with Crippen molar-refractivity contribution in [1.82, 2.24) is 5.01 Å². The van der Waals surface area contributed by atoms with Gasteiger partial charge in [0.2, 0.25) is 0 Å². The van der Waals surface area contributed by atoms with Gasteiger partial charge in [-0.1, -0.05) is 12.2 Å². The van der Waals surface area contributed by atoms with Crippen molar-refractivity contribution in [2.24, 2.45) is 11.0 Å². The summed E-state index contributed by atoms with van der Waals surface area (Å²) in [6, 6.07) is 0.0797. The summed E-state index contributed by atoms with van der Waals surface area (Å²) < 4.78 is 0. The number of carbonyl (C=O) groups is 1. The van der Waals surface area contributed by atoms with Crippen LogP contribution in [0.1, 0.15) is 0 Å². The van der Waals surface area contributed by atoms with Gasteiger partial charge < -0.3 is 5.11 Å². The summed E-state index contributed by atoms with van der Waals surface area (Å²) in [5.74, 6) is -0.650. The fourth-order valence-electron chi connectivity index (χ4n) is 1.58. The van der Waals surface area contributed by atoms with E-state index in [1.54, 1.807) is 17.2 Å². The molecule has 1 heterocycles. The molecule has 0 radical (unpaired) electrons. The monoisotopic (exact) mass is 178 g/mol. The Balaban J connectivity index is 2.27.